The highest BCUT2D eigenvalue weighted by Crippen LogP contribution is 2.25. The smallest absolute Gasteiger partial charge is 0.166 e. The minimum absolute atomic E-state index is 0.630. The maximum absolute atomic E-state index is 6.29. The van der Waals surface area contributed by atoms with Crippen LogP contribution < -0.4 is 0 Å². The molecule has 0 aliphatic heterocycles. The number of fused-ring (bicyclic) bond motifs is 1. The van der Waals surface area contributed by atoms with Crippen molar-refractivity contribution in [3.8, 4) is 11.8 Å². The van der Waals surface area contributed by atoms with Crippen LogP contribution in [0, 0.1) is 11.8 Å². The molecule has 2 nitrogen and oxygen atoms in total. The SMILES string of the molecule is CCSc1nc2cc(Cl)c(C#Cc3ccccc3)cc2[nH]1. The topological polar surface area (TPSA) is 28.7 Å². The molecular formula is C17H13ClN2S. The fourth-order valence-electron chi connectivity index (χ4n) is 1.97. The Morgan fingerprint density at radius 2 is 2.00 bits per heavy atom. The maximum Gasteiger partial charge on any atom is 0.166 e. The van der Waals surface area contributed by atoms with Crippen LogP contribution in [0.15, 0.2) is 47.6 Å². The number of aromatic amines is 1. The molecule has 0 saturated heterocycles. The lowest BCUT2D eigenvalue weighted by Crippen LogP contribution is -1.80. The molecule has 0 atom stereocenters. The minimum Gasteiger partial charge on any atom is -0.333 e. The average molecular weight is 313 g/mol. The second-order valence-electron chi connectivity index (χ2n) is 4.44. The number of rotatable bonds is 2. The normalized spacial score (nSPS) is 10.4. The van der Waals surface area contributed by atoms with Gasteiger partial charge < -0.3 is 4.98 Å². The van der Waals surface area contributed by atoms with Crippen LogP contribution in [0.5, 0.6) is 0 Å². The number of hydrogen-bond acceptors (Lipinski definition) is 2. The first-order valence-corrected chi connectivity index (χ1v) is 8.02. The van der Waals surface area contributed by atoms with Crippen molar-refractivity contribution in [1.82, 2.24) is 9.97 Å². The van der Waals surface area contributed by atoms with Gasteiger partial charge in [0.05, 0.1) is 16.1 Å². The van der Waals surface area contributed by atoms with E-state index in [1.165, 1.54) is 0 Å². The molecule has 0 amide bonds. The highest BCUT2D eigenvalue weighted by molar-refractivity contribution is 7.99. The second kappa shape index (κ2) is 6.26. The van der Waals surface area contributed by atoms with Crippen LogP contribution in [-0.4, -0.2) is 15.7 Å². The Morgan fingerprint density at radius 3 is 2.76 bits per heavy atom. The first-order chi connectivity index (χ1) is 10.3. The van der Waals surface area contributed by atoms with Crippen LogP contribution in [0.4, 0.5) is 0 Å². The predicted molar refractivity (Wildman–Crippen MR) is 89.9 cm³/mol. The summed E-state index contributed by atoms with van der Waals surface area (Å²) in [5.74, 6) is 7.23. The number of thioether (sulfide) groups is 1. The summed E-state index contributed by atoms with van der Waals surface area (Å²) in [5.41, 5.74) is 3.62. The number of nitrogens with zero attached hydrogens (tertiary/aromatic N) is 1. The number of hydrogen-bond donors (Lipinski definition) is 1. The molecule has 0 fully saturated rings. The van der Waals surface area contributed by atoms with Gasteiger partial charge in [0.25, 0.3) is 0 Å². The lowest BCUT2D eigenvalue weighted by Gasteiger charge is -1.95. The van der Waals surface area contributed by atoms with Crippen molar-refractivity contribution in [3.63, 3.8) is 0 Å². The van der Waals surface area contributed by atoms with Gasteiger partial charge in [0.1, 0.15) is 0 Å². The number of halogens is 1. The van der Waals surface area contributed by atoms with Crippen molar-refractivity contribution >= 4 is 34.4 Å². The third kappa shape index (κ3) is 3.24. The van der Waals surface area contributed by atoms with Gasteiger partial charge in [0.15, 0.2) is 5.16 Å². The lowest BCUT2D eigenvalue weighted by molar-refractivity contribution is 1.08. The summed E-state index contributed by atoms with van der Waals surface area (Å²) in [7, 11) is 0. The van der Waals surface area contributed by atoms with Gasteiger partial charge in [-0.2, -0.15) is 0 Å². The molecule has 0 unspecified atom stereocenters. The molecule has 104 valence electrons. The fraction of sp³-hybridized carbons (Fsp3) is 0.118. The Hall–Kier alpha value is -1.89. The van der Waals surface area contributed by atoms with Crippen LogP contribution in [0.25, 0.3) is 11.0 Å². The molecule has 0 radical (unpaired) electrons. The van der Waals surface area contributed by atoms with Crippen LogP contribution in [0.1, 0.15) is 18.1 Å². The van der Waals surface area contributed by atoms with Crippen molar-refractivity contribution < 1.29 is 0 Å². The van der Waals surface area contributed by atoms with E-state index in [1.54, 1.807) is 11.8 Å². The Bertz CT molecular complexity index is 828. The van der Waals surface area contributed by atoms with Gasteiger partial charge in [-0.15, -0.1) is 0 Å². The van der Waals surface area contributed by atoms with Crippen molar-refractivity contribution in [2.24, 2.45) is 0 Å². The van der Waals surface area contributed by atoms with Gasteiger partial charge in [-0.3, -0.25) is 0 Å². The largest absolute Gasteiger partial charge is 0.333 e. The predicted octanol–water partition coefficient (Wildman–Crippen LogP) is 4.73. The van der Waals surface area contributed by atoms with Gasteiger partial charge in [0, 0.05) is 11.1 Å². The quantitative estimate of drug-likeness (QED) is 0.547. The zero-order chi connectivity index (χ0) is 14.7. The standard InChI is InChI=1S/C17H13ClN2S/c1-2-21-17-19-15-10-13(14(18)11-16(15)20-17)9-8-12-6-4-3-5-7-12/h3-7,10-11H,2H2,1H3,(H,19,20). The fourth-order valence-corrected chi connectivity index (χ4v) is 2.79. The molecule has 1 N–H and O–H groups in total. The van der Waals surface area contributed by atoms with E-state index in [1.807, 2.05) is 42.5 Å². The second-order valence-corrected chi connectivity index (χ2v) is 6.10. The molecule has 21 heavy (non-hydrogen) atoms. The number of aromatic nitrogens is 2. The van der Waals surface area contributed by atoms with Gasteiger partial charge >= 0.3 is 0 Å². The summed E-state index contributed by atoms with van der Waals surface area (Å²) in [6.45, 7) is 2.10. The third-order valence-corrected chi connectivity index (χ3v) is 4.01. The highest BCUT2D eigenvalue weighted by Gasteiger charge is 2.06. The van der Waals surface area contributed by atoms with Crippen LogP contribution in [0.3, 0.4) is 0 Å². The van der Waals surface area contributed by atoms with Crippen LogP contribution in [0.2, 0.25) is 5.02 Å². The molecule has 1 heterocycles. The number of H-pyrrole nitrogens is 1. The molecule has 1 aromatic heterocycles. The van der Waals surface area contributed by atoms with Crippen molar-refractivity contribution in [1.29, 1.82) is 0 Å². The van der Waals surface area contributed by atoms with E-state index in [-0.39, 0.29) is 0 Å². The van der Waals surface area contributed by atoms with E-state index in [0.29, 0.717) is 5.02 Å². The maximum atomic E-state index is 6.29. The highest BCUT2D eigenvalue weighted by atomic mass is 35.5. The van der Waals surface area contributed by atoms with E-state index in [9.17, 15) is 0 Å². The minimum atomic E-state index is 0.630. The molecule has 4 heteroatoms. The molecule has 0 spiro atoms. The van der Waals surface area contributed by atoms with Crippen LogP contribution >= 0.6 is 23.4 Å². The molecule has 0 bridgehead atoms. The monoisotopic (exact) mass is 312 g/mol. The van der Waals surface area contributed by atoms with Crippen molar-refractivity contribution in [2.45, 2.75) is 12.1 Å². The molecule has 3 rings (SSSR count). The molecule has 0 saturated carbocycles. The summed E-state index contributed by atoms with van der Waals surface area (Å²) in [5, 5.41) is 1.54. The zero-order valence-corrected chi connectivity index (χ0v) is 13.1. The molecular weight excluding hydrogens is 300 g/mol. The van der Waals surface area contributed by atoms with Crippen molar-refractivity contribution in [3.05, 3.63) is 58.6 Å². The number of imidazole rings is 1. The average Bonchev–Trinajstić information content (AvgIpc) is 2.87. The van der Waals surface area contributed by atoms with E-state index in [0.717, 1.165) is 33.1 Å². The summed E-state index contributed by atoms with van der Waals surface area (Å²) in [6, 6.07) is 13.7. The number of benzene rings is 2. The van der Waals surface area contributed by atoms with Crippen LogP contribution in [-0.2, 0) is 0 Å². The summed E-state index contributed by atoms with van der Waals surface area (Å²) in [4.78, 5) is 7.79. The lowest BCUT2D eigenvalue weighted by atomic mass is 10.1. The van der Waals surface area contributed by atoms with Gasteiger partial charge in [0.2, 0.25) is 0 Å². The Morgan fingerprint density at radius 1 is 1.19 bits per heavy atom. The number of nitrogens with one attached hydrogen (secondary N) is 1. The molecule has 0 aliphatic rings. The Labute approximate surface area is 132 Å². The molecule has 3 aromatic rings. The van der Waals surface area contributed by atoms with E-state index in [2.05, 4.69) is 28.7 Å². The summed E-state index contributed by atoms with van der Waals surface area (Å²) >= 11 is 7.97. The zero-order valence-electron chi connectivity index (χ0n) is 11.5. The Balaban J connectivity index is 1.99. The first-order valence-electron chi connectivity index (χ1n) is 6.65. The van der Waals surface area contributed by atoms with Gasteiger partial charge in [-0.25, -0.2) is 4.98 Å². The first kappa shape index (κ1) is 14.1. The molecule has 0 aliphatic carbocycles. The summed E-state index contributed by atoms with van der Waals surface area (Å²) in [6.07, 6.45) is 0. The Kier molecular flexibility index (Phi) is 4.19. The van der Waals surface area contributed by atoms with Gasteiger partial charge in [-0.1, -0.05) is 60.3 Å². The van der Waals surface area contributed by atoms with E-state index in [4.69, 9.17) is 11.6 Å². The molecule has 2 aromatic carbocycles. The van der Waals surface area contributed by atoms with E-state index >= 15 is 0 Å². The van der Waals surface area contributed by atoms with Crippen molar-refractivity contribution in [2.75, 3.05) is 5.75 Å². The summed E-state index contributed by atoms with van der Waals surface area (Å²) < 4.78 is 0. The van der Waals surface area contributed by atoms with Gasteiger partial charge in [-0.05, 0) is 30.0 Å². The third-order valence-electron chi connectivity index (χ3n) is 2.95. The van der Waals surface area contributed by atoms with E-state index < -0.39 is 0 Å².